The second-order valence-corrected chi connectivity index (χ2v) is 15.4. The standard InChI is InChI=1S/C22H33BrClNO4Si/c1-9-28-20(27)17(19(26)16-11-10-15(23)12-18(16)24)13-25-22(5,6)14-29-30(7,8)21(2,3)4/h10-13,25H,9,14H2,1-8H3. The summed E-state index contributed by atoms with van der Waals surface area (Å²) in [6, 6.07) is 4.89. The van der Waals surface area contributed by atoms with Gasteiger partial charge in [0.2, 0.25) is 5.78 Å². The monoisotopic (exact) mass is 517 g/mol. The van der Waals surface area contributed by atoms with Crippen LogP contribution in [0.1, 0.15) is 51.9 Å². The summed E-state index contributed by atoms with van der Waals surface area (Å²) < 4.78 is 12.1. The van der Waals surface area contributed by atoms with Crippen LogP contribution in [0.15, 0.2) is 34.4 Å². The average molecular weight is 519 g/mol. The molecule has 0 atom stereocenters. The summed E-state index contributed by atoms with van der Waals surface area (Å²) in [6.45, 7) is 17.1. The van der Waals surface area contributed by atoms with Gasteiger partial charge in [-0.15, -0.1) is 0 Å². The number of rotatable bonds is 9. The normalized spacial score (nSPS) is 13.2. The van der Waals surface area contributed by atoms with Gasteiger partial charge in [0.25, 0.3) is 0 Å². The lowest BCUT2D eigenvalue weighted by molar-refractivity contribution is -0.138. The van der Waals surface area contributed by atoms with Gasteiger partial charge >= 0.3 is 5.97 Å². The number of benzene rings is 1. The summed E-state index contributed by atoms with van der Waals surface area (Å²) in [5, 5.41) is 3.51. The quantitative estimate of drug-likeness (QED) is 0.106. The molecule has 0 aliphatic rings. The largest absolute Gasteiger partial charge is 0.462 e. The summed E-state index contributed by atoms with van der Waals surface area (Å²) >= 11 is 9.53. The van der Waals surface area contributed by atoms with Crippen molar-refractivity contribution in [2.75, 3.05) is 13.2 Å². The van der Waals surface area contributed by atoms with Crippen molar-refractivity contribution in [2.24, 2.45) is 0 Å². The molecule has 0 amide bonds. The smallest absolute Gasteiger partial charge is 0.343 e. The van der Waals surface area contributed by atoms with Gasteiger partial charge in [0.15, 0.2) is 8.32 Å². The van der Waals surface area contributed by atoms with Gasteiger partial charge in [0.1, 0.15) is 5.57 Å². The Hall–Kier alpha value is -1.15. The third-order valence-electron chi connectivity index (χ3n) is 5.12. The van der Waals surface area contributed by atoms with Gasteiger partial charge < -0.3 is 14.5 Å². The molecule has 0 saturated heterocycles. The Balaban J connectivity index is 3.11. The first-order valence-electron chi connectivity index (χ1n) is 9.90. The lowest BCUT2D eigenvalue weighted by atomic mass is 10.0. The van der Waals surface area contributed by atoms with Gasteiger partial charge in [-0.05, 0) is 57.1 Å². The fraction of sp³-hybridized carbons (Fsp3) is 0.545. The molecule has 168 valence electrons. The maximum absolute atomic E-state index is 13.0. The SMILES string of the molecule is CCOC(=O)C(=CNC(C)(C)CO[Si](C)(C)C(C)(C)C)C(=O)c1ccc(Br)cc1Cl. The summed E-state index contributed by atoms with van der Waals surface area (Å²) in [5.74, 6) is -1.20. The van der Waals surface area contributed by atoms with E-state index < -0.39 is 25.6 Å². The van der Waals surface area contributed by atoms with Crippen molar-refractivity contribution >= 4 is 47.6 Å². The highest BCUT2D eigenvalue weighted by molar-refractivity contribution is 9.10. The van der Waals surface area contributed by atoms with Crippen LogP contribution in [0.25, 0.3) is 0 Å². The van der Waals surface area contributed by atoms with Gasteiger partial charge in [-0.3, -0.25) is 4.79 Å². The van der Waals surface area contributed by atoms with Gasteiger partial charge in [0.05, 0.1) is 23.8 Å². The highest BCUT2D eigenvalue weighted by Gasteiger charge is 2.38. The number of hydrogen-bond donors (Lipinski definition) is 1. The average Bonchev–Trinajstić information content (AvgIpc) is 2.59. The maximum atomic E-state index is 13.0. The minimum absolute atomic E-state index is 0.0866. The first-order valence-corrected chi connectivity index (χ1v) is 14.0. The molecule has 8 heteroatoms. The van der Waals surface area contributed by atoms with Gasteiger partial charge in [-0.1, -0.05) is 48.3 Å². The fourth-order valence-corrected chi connectivity index (χ4v) is 4.05. The highest BCUT2D eigenvalue weighted by atomic mass is 79.9. The first-order chi connectivity index (χ1) is 13.6. The van der Waals surface area contributed by atoms with E-state index in [-0.39, 0.29) is 27.8 Å². The highest BCUT2D eigenvalue weighted by Crippen LogP contribution is 2.37. The van der Waals surface area contributed by atoms with E-state index in [1.54, 1.807) is 25.1 Å². The van der Waals surface area contributed by atoms with Crippen molar-refractivity contribution in [1.82, 2.24) is 5.32 Å². The number of carbonyl (C=O) groups is 2. The number of nitrogens with one attached hydrogen (secondary N) is 1. The number of esters is 1. The van der Waals surface area contributed by atoms with Crippen molar-refractivity contribution in [3.8, 4) is 0 Å². The van der Waals surface area contributed by atoms with Gasteiger partial charge in [-0.25, -0.2) is 4.79 Å². The van der Waals surface area contributed by atoms with Crippen LogP contribution in [-0.2, 0) is 14.0 Å². The number of ketones is 1. The summed E-state index contributed by atoms with van der Waals surface area (Å²) in [5.41, 5.74) is -0.380. The molecule has 1 N–H and O–H groups in total. The van der Waals surface area contributed by atoms with Crippen molar-refractivity contribution in [2.45, 2.75) is 65.2 Å². The molecule has 0 unspecified atom stereocenters. The molecule has 0 heterocycles. The Morgan fingerprint density at radius 1 is 1.20 bits per heavy atom. The van der Waals surface area contributed by atoms with E-state index >= 15 is 0 Å². The molecule has 0 fully saturated rings. The third kappa shape index (κ3) is 7.52. The molecule has 0 aliphatic heterocycles. The van der Waals surface area contributed by atoms with E-state index in [0.717, 1.165) is 4.47 Å². The summed E-state index contributed by atoms with van der Waals surface area (Å²) in [6.07, 6.45) is 1.41. The fourth-order valence-electron chi connectivity index (χ4n) is 2.13. The predicted octanol–water partition coefficient (Wildman–Crippen LogP) is 6.12. The van der Waals surface area contributed by atoms with E-state index in [9.17, 15) is 9.59 Å². The molecule has 0 aliphatic carbocycles. The third-order valence-corrected chi connectivity index (χ3v) is 10.4. The van der Waals surface area contributed by atoms with Crippen LogP contribution in [0.4, 0.5) is 0 Å². The number of Topliss-reactive ketones (excluding diaryl/α,β-unsaturated/α-hetero) is 1. The zero-order valence-corrected chi connectivity index (χ0v) is 22.5. The number of ether oxygens (including phenoxy) is 1. The molecule has 0 bridgehead atoms. The predicted molar refractivity (Wildman–Crippen MR) is 129 cm³/mol. The molecule has 1 aromatic rings. The van der Waals surface area contributed by atoms with Gasteiger partial charge in [-0.2, -0.15) is 0 Å². The number of carbonyl (C=O) groups excluding carboxylic acids is 2. The van der Waals surface area contributed by atoms with Gasteiger partial charge in [0, 0.05) is 16.2 Å². The van der Waals surface area contributed by atoms with E-state index in [1.165, 1.54) is 6.20 Å². The lowest BCUT2D eigenvalue weighted by Crippen LogP contribution is -2.48. The molecular formula is C22H33BrClNO4Si. The van der Waals surface area contributed by atoms with E-state index in [2.05, 4.69) is 55.1 Å². The van der Waals surface area contributed by atoms with Crippen LogP contribution < -0.4 is 5.32 Å². The molecule has 0 spiro atoms. The second kappa shape index (κ2) is 10.4. The van der Waals surface area contributed by atoms with Crippen molar-refractivity contribution in [3.63, 3.8) is 0 Å². The van der Waals surface area contributed by atoms with Crippen LogP contribution in [0.2, 0.25) is 23.2 Å². The molecule has 0 aromatic heterocycles. The van der Waals surface area contributed by atoms with E-state index in [0.29, 0.717) is 6.61 Å². The Morgan fingerprint density at radius 3 is 2.30 bits per heavy atom. The summed E-state index contributed by atoms with van der Waals surface area (Å²) in [4.78, 5) is 25.5. The lowest BCUT2D eigenvalue weighted by Gasteiger charge is -2.39. The molecule has 5 nitrogen and oxygen atoms in total. The zero-order chi connectivity index (χ0) is 23.3. The number of hydrogen-bond acceptors (Lipinski definition) is 5. The van der Waals surface area contributed by atoms with E-state index in [1.807, 2.05) is 13.8 Å². The Labute approximate surface area is 194 Å². The molecule has 1 rings (SSSR count). The Bertz CT molecular complexity index is 816. The van der Waals surface area contributed by atoms with Crippen molar-refractivity contribution in [1.29, 1.82) is 0 Å². The van der Waals surface area contributed by atoms with Crippen LogP contribution in [0, 0.1) is 0 Å². The van der Waals surface area contributed by atoms with Crippen LogP contribution in [-0.4, -0.2) is 38.8 Å². The Kier molecular flexibility index (Phi) is 9.35. The topological polar surface area (TPSA) is 64.6 Å². The molecule has 0 radical (unpaired) electrons. The van der Waals surface area contributed by atoms with Crippen molar-refractivity contribution in [3.05, 3.63) is 45.0 Å². The second-order valence-electron chi connectivity index (χ2n) is 9.31. The minimum Gasteiger partial charge on any atom is -0.462 e. The molecular weight excluding hydrogens is 486 g/mol. The maximum Gasteiger partial charge on any atom is 0.343 e. The number of halogens is 2. The van der Waals surface area contributed by atoms with Crippen LogP contribution in [0.5, 0.6) is 0 Å². The first kappa shape index (κ1) is 26.9. The van der Waals surface area contributed by atoms with Crippen molar-refractivity contribution < 1.29 is 18.8 Å². The van der Waals surface area contributed by atoms with E-state index in [4.69, 9.17) is 20.8 Å². The molecule has 1 aromatic carbocycles. The zero-order valence-electron chi connectivity index (χ0n) is 19.1. The van der Waals surface area contributed by atoms with Crippen LogP contribution in [0.3, 0.4) is 0 Å². The minimum atomic E-state index is -1.93. The molecule has 30 heavy (non-hydrogen) atoms. The molecule has 0 saturated carbocycles. The Morgan fingerprint density at radius 2 is 1.80 bits per heavy atom. The van der Waals surface area contributed by atoms with Crippen LogP contribution >= 0.6 is 27.5 Å². The summed E-state index contributed by atoms with van der Waals surface area (Å²) in [7, 11) is -1.93.